The fourth-order valence-corrected chi connectivity index (χ4v) is 3.13. The van der Waals surface area contributed by atoms with Crippen LogP contribution in [0.5, 0.6) is 11.5 Å². The molecule has 0 spiro atoms. The van der Waals surface area contributed by atoms with Crippen molar-refractivity contribution in [2.24, 2.45) is 0 Å². The lowest BCUT2D eigenvalue weighted by atomic mass is 10.0. The molecule has 4 nitrogen and oxygen atoms in total. The Morgan fingerprint density at radius 2 is 1.73 bits per heavy atom. The van der Waals surface area contributed by atoms with Gasteiger partial charge in [-0.2, -0.15) is 0 Å². The van der Waals surface area contributed by atoms with Crippen LogP contribution in [-0.4, -0.2) is 49.5 Å². The third kappa shape index (κ3) is 5.35. The van der Waals surface area contributed by atoms with Crippen LogP contribution in [0.25, 0.3) is 0 Å². The molecular formula is C22H27NO3. The number of aliphatic hydroxyl groups excluding tert-OH is 1. The van der Waals surface area contributed by atoms with Gasteiger partial charge < -0.3 is 14.6 Å². The lowest BCUT2D eigenvalue weighted by molar-refractivity contribution is 0.0770. The van der Waals surface area contributed by atoms with Gasteiger partial charge in [-0.1, -0.05) is 42.5 Å². The molecule has 0 saturated heterocycles. The summed E-state index contributed by atoms with van der Waals surface area (Å²) in [6, 6.07) is 16.2. The lowest BCUT2D eigenvalue weighted by Gasteiger charge is -2.20. The van der Waals surface area contributed by atoms with E-state index in [2.05, 4.69) is 35.3 Å². The third-order valence-corrected chi connectivity index (χ3v) is 4.61. The molecule has 2 aromatic carbocycles. The lowest BCUT2D eigenvalue weighted by Crippen LogP contribution is -2.34. The van der Waals surface area contributed by atoms with Gasteiger partial charge in [0.25, 0.3) is 0 Å². The Labute approximate surface area is 155 Å². The highest BCUT2D eigenvalue weighted by atomic mass is 16.5. The van der Waals surface area contributed by atoms with E-state index in [9.17, 15) is 5.11 Å². The molecule has 0 saturated carbocycles. The first-order chi connectivity index (χ1) is 12.7. The van der Waals surface area contributed by atoms with Crippen LogP contribution in [0.15, 0.2) is 60.7 Å². The van der Waals surface area contributed by atoms with Gasteiger partial charge in [-0.15, -0.1) is 0 Å². The summed E-state index contributed by atoms with van der Waals surface area (Å²) >= 11 is 0. The molecule has 0 radical (unpaired) electrons. The average molecular weight is 353 g/mol. The molecule has 1 aliphatic heterocycles. The number of benzene rings is 2. The highest BCUT2D eigenvalue weighted by Crippen LogP contribution is 2.21. The minimum Gasteiger partial charge on any atom is -0.497 e. The second kappa shape index (κ2) is 9.41. The van der Waals surface area contributed by atoms with E-state index in [0.29, 0.717) is 13.2 Å². The highest BCUT2D eigenvalue weighted by Gasteiger charge is 2.14. The van der Waals surface area contributed by atoms with E-state index in [0.717, 1.165) is 37.4 Å². The van der Waals surface area contributed by atoms with Crippen LogP contribution in [0, 0.1) is 0 Å². The zero-order valence-electron chi connectivity index (χ0n) is 15.3. The van der Waals surface area contributed by atoms with E-state index in [4.69, 9.17) is 9.47 Å². The number of ether oxygens (including phenoxy) is 2. The molecule has 26 heavy (non-hydrogen) atoms. The zero-order valence-corrected chi connectivity index (χ0v) is 15.3. The van der Waals surface area contributed by atoms with Crippen LogP contribution < -0.4 is 9.47 Å². The number of β-amino-alcohol motifs (C(OH)–C–C–N with tert-alkyl or cyclic N) is 1. The first-order valence-corrected chi connectivity index (χ1v) is 9.13. The van der Waals surface area contributed by atoms with Crippen LogP contribution in [0.3, 0.4) is 0 Å². The van der Waals surface area contributed by atoms with Crippen molar-refractivity contribution in [1.82, 2.24) is 4.90 Å². The fourth-order valence-electron chi connectivity index (χ4n) is 3.13. The van der Waals surface area contributed by atoms with E-state index in [1.165, 1.54) is 11.1 Å². The van der Waals surface area contributed by atoms with Crippen LogP contribution in [0.2, 0.25) is 0 Å². The minimum absolute atomic E-state index is 0.316. The van der Waals surface area contributed by atoms with Gasteiger partial charge in [0.15, 0.2) is 0 Å². The van der Waals surface area contributed by atoms with Gasteiger partial charge in [-0.25, -0.2) is 0 Å². The number of nitrogens with zero attached hydrogens (tertiary/aromatic N) is 1. The Kier molecular flexibility index (Phi) is 6.69. The summed E-state index contributed by atoms with van der Waals surface area (Å²) in [7, 11) is 1.68. The quantitative estimate of drug-likeness (QED) is 0.704. The van der Waals surface area contributed by atoms with Crippen molar-refractivity contribution in [3.8, 4) is 11.5 Å². The number of hydrogen-bond donors (Lipinski definition) is 1. The maximum atomic E-state index is 10.2. The molecule has 0 amide bonds. The van der Waals surface area contributed by atoms with Crippen molar-refractivity contribution in [2.75, 3.05) is 33.4 Å². The van der Waals surface area contributed by atoms with Crippen LogP contribution >= 0.6 is 0 Å². The number of para-hydroxylation sites is 1. The molecule has 1 heterocycles. The molecule has 1 atom stereocenters. The third-order valence-electron chi connectivity index (χ3n) is 4.61. The van der Waals surface area contributed by atoms with Gasteiger partial charge in [0.2, 0.25) is 0 Å². The van der Waals surface area contributed by atoms with Gasteiger partial charge in [-0.05, 0) is 42.2 Å². The van der Waals surface area contributed by atoms with Gasteiger partial charge >= 0.3 is 0 Å². The topological polar surface area (TPSA) is 41.9 Å². The van der Waals surface area contributed by atoms with Crippen molar-refractivity contribution in [2.45, 2.75) is 18.9 Å². The molecule has 0 unspecified atom stereocenters. The van der Waals surface area contributed by atoms with E-state index < -0.39 is 6.10 Å². The van der Waals surface area contributed by atoms with E-state index in [1.54, 1.807) is 7.11 Å². The number of aliphatic hydroxyl groups is 1. The summed E-state index contributed by atoms with van der Waals surface area (Å²) in [6.07, 6.45) is 5.61. The summed E-state index contributed by atoms with van der Waals surface area (Å²) in [5, 5.41) is 10.2. The van der Waals surface area contributed by atoms with Crippen molar-refractivity contribution in [3.63, 3.8) is 0 Å². The standard InChI is InChI=1S/C22H27NO3/c1-25-21-12-9-18(10-13-21)8-11-19-6-2-3-7-22(19)26-17-20(24)16-23-14-4-5-15-23/h2-7,9-10,12-13,20,24H,8,11,14-17H2,1H3/t20-/m1/s1. The maximum Gasteiger partial charge on any atom is 0.122 e. The van der Waals surface area contributed by atoms with Gasteiger partial charge in [0.05, 0.1) is 7.11 Å². The van der Waals surface area contributed by atoms with Crippen molar-refractivity contribution in [3.05, 3.63) is 71.8 Å². The number of rotatable bonds is 9. The first kappa shape index (κ1) is 18.5. The fraction of sp³-hybridized carbons (Fsp3) is 0.364. The summed E-state index contributed by atoms with van der Waals surface area (Å²) in [4.78, 5) is 2.20. The van der Waals surface area contributed by atoms with Gasteiger partial charge in [-0.3, -0.25) is 4.90 Å². The Hall–Kier alpha value is -2.30. The Morgan fingerprint density at radius 1 is 1.00 bits per heavy atom. The number of aryl methyl sites for hydroxylation is 2. The van der Waals surface area contributed by atoms with Crippen LogP contribution in [-0.2, 0) is 12.8 Å². The minimum atomic E-state index is -0.482. The van der Waals surface area contributed by atoms with E-state index in [1.807, 2.05) is 30.3 Å². The largest absolute Gasteiger partial charge is 0.497 e. The predicted octanol–water partition coefficient (Wildman–Crippen LogP) is 3.09. The van der Waals surface area contributed by atoms with Crippen molar-refractivity contribution >= 4 is 0 Å². The Balaban J connectivity index is 1.51. The van der Waals surface area contributed by atoms with Crippen LogP contribution in [0.4, 0.5) is 0 Å². The highest BCUT2D eigenvalue weighted by molar-refractivity contribution is 5.35. The molecule has 1 N–H and O–H groups in total. The predicted molar refractivity (Wildman–Crippen MR) is 104 cm³/mol. The molecule has 0 bridgehead atoms. The first-order valence-electron chi connectivity index (χ1n) is 9.13. The number of hydrogen-bond acceptors (Lipinski definition) is 4. The van der Waals surface area contributed by atoms with Crippen LogP contribution in [0.1, 0.15) is 11.1 Å². The summed E-state index contributed by atoms with van der Waals surface area (Å²) in [5.41, 5.74) is 2.43. The Bertz CT molecular complexity index is 704. The average Bonchev–Trinajstić information content (AvgIpc) is 3.18. The molecule has 3 rings (SSSR count). The molecular weight excluding hydrogens is 326 g/mol. The van der Waals surface area contributed by atoms with E-state index in [-0.39, 0.29) is 0 Å². The van der Waals surface area contributed by atoms with Gasteiger partial charge in [0, 0.05) is 19.6 Å². The van der Waals surface area contributed by atoms with Crippen molar-refractivity contribution < 1.29 is 14.6 Å². The summed E-state index contributed by atoms with van der Waals surface area (Å²) < 4.78 is 11.1. The molecule has 1 aliphatic rings. The molecule has 0 aliphatic carbocycles. The SMILES string of the molecule is COc1ccc(CCc2ccccc2OC[C@H](O)CN2CC=CC2)cc1. The maximum absolute atomic E-state index is 10.2. The molecule has 2 aromatic rings. The number of methoxy groups -OCH3 is 1. The second-order valence-corrected chi connectivity index (χ2v) is 6.61. The Morgan fingerprint density at radius 3 is 2.46 bits per heavy atom. The molecule has 0 aromatic heterocycles. The molecule has 138 valence electrons. The second-order valence-electron chi connectivity index (χ2n) is 6.61. The monoisotopic (exact) mass is 353 g/mol. The smallest absolute Gasteiger partial charge is 0.122 e. The molecule has 4 heteroatoms. The summed E-state index contributed by atoms with van der Waals surface area (Å²) in [6.45, 7) is 2.78. The normalized spacial score (nSPS) is 15.2. The summed E-state index contributed by atoms with van der Waals surface area (Å²) in [5.74, 6) is 1.74. The van der Waals surface area contributed by atoms with Gasteiger partial charge in [0.1, 0.15) is 24.2 Å². The van der Waals surface area contributed by atoms with E-state index >= 15 is 0 Å². The zero-order chi connectivity index (χ0) is 18.2. The van der Waals surface area contributed by atoms with Crippen molar-refractivity contribution in [1.29, 1.82) is 0 Å². The molecule has 0 fully saturated rings.